The van der Waals surface area contributed by atoms with Crippen molar-refractivity contribution in [1.82, 2.24) is 10.2 Å². The zero-order valence-electron chi connectivity index (χ0n) is 14.8. The Kier molecular flexibility index (Phi) is 4.93. The molecule has 1 aromatic carbocycles. The maximum atomic E-state index is 13.3. The highest BCUT2D eigenvalue weighted by Gasteiger charge is 2.43. The minimum atomic E-state index is -0.459. The van der Waals surface area contributed by atoms with E-state index >= 15 is 0 Å². The van der Waals surface area contributed by atoms with Crippen LogP contribution in [0.3, 0.4) is 0 Å². The van der Waals surface area contributed by atoms with Crippen LogP contribution in [0.25, 0.3) is 0 Å². The van der Waals surface area contributed by atoms with Gasteiger partial charge in [-0.05, 0) is 38.2 Å². The molecule has 4 heteroatoms. The Hall–Kier alpha value is -1.84. The predicted octanol–water partition coefficient (Wildman–Crippen LogP) is 2.93. The Morgan fingerprint density at radius 1 is 1.21 bits per heavy atom. The minimum absolute atomic E-state index is 0.0384. The van der Waals surface area contributed by atoms with Crippen molar-refractivity contribution >= 4 is 11.8 Å². The van der Waals surface area contributed by atoms with Gasteiger partial charge in [0.15, 0.2) is 0 Å². The van der Waals surface area contributed by atoms with Crippen molar-refractivity contribution in [2.75, 3.05) is 13.6 Å². The normalized spacial score (nSPS) is 19.6. The predicted molar refractivity (Wildman–Crippen MR) is 94.7 cm³/mol. The largest absolute Gasteiger partial charge is 0.352 e. The molecule has 2 fully saturated rings. The van der Waals surface area contributed by atoms with Crippen molar-refractivity contribution in [2.45, 2.75) is 63.3 Å². The highest BCUT2D eigenvalue weighted by molar-refractivity contribution is 5.91. The molecule has 0 saturated heterocycles. The average molecular weight is 328 g/mol. The summed E-state index contributed by atoms with van der Waals surface area (Å²) in [6.07, 6.45) is 7.22. The maximum Gasteiger partial charge on any atom is 0.239 e. The summed E-state index contributed by atoms with van der Waals surface area (Å²) in [4.78, 5) is 27.0. The Morgan fingerprint density at radius 3 is 2.54 bits per heavy atom. The van der Waals surface area contributed by atoms with Gasteiger partial charge >= 0.3 is 0 Å². The number of hydrogen-bond acceptors (Lipinski definition) is 2. The van der Waals surface area contributed by atoms with Crippen LogP contribution in [0.4, 0.5) is 0 Å². The van der Waals surface area contributed by atoms with Crippen LogP contribution in [0, 0.1) is 6.92 Å². The summed E-state index contributed by atoms with van der Waals surface area (Å²) < 4.78 is 0. The molecule has 130 valence electrons. The number of benzene rings is 1. The van der Waals surface area contributed by atoms with E-state index in [-0.39, 0.29) is 18.4 Å². The first kappa shape index (κ1) is 17.0. The van der Waals surface area contributed by atoms with Gasteiger partial charge in [-0.25, -0.2) is 0 Å². The van der Waals surface area contributed by atoms with Crippen LogP contribution in [-0.4, -0.2) is 36.3 Å². The molecule has 2 saturated carbocycles. The summed E-state index contributed by atoms with van der Waals surface area (Å²) in [6.45, 7) is 2.22. The van der Waals surface area contributed by atoms with E-state index in [1.54, 1.807) is 11.9 Å². The Bertz CT molecular complexity index is 616. The molecule has 0 atom stereocenters. The zero-order valence-corrected chi connectivity index (χ0v) is 14.8. The molecule has 4 nitrogen and oxygen atoms in total. The zero-order chi connectivity index (χ0) is 17.2. The molecule has 0 radical (unpaired) electrons. The first-order valence-electron chi connectivity index (χ1n) is 9.13. The fourth-order valence-electron chi connectivity index (χ4n) is 3.88. The Labute approximate surface area is 144 Å². The van der Waals surface area contributed by atoms with Crippen LogP contribution >= 0.6 is 0 Å². The van der Waals surface area contributed by atoms with Crippen LogP contribution in [0.1, 0.15) is 56.1 Å². The van der Waals surface area contributed by atoms with Crippen molar-refractivity contribution in [1.29, 1.82) is 0 Å². The van der Waals surface area contributed by atoms with Gasteiger partial charge in [0.25, 0.3) is 0 Å². The summed E-state index contributed by atoms with van der Waals surface area (Å²) in [5, 5.41) is 2.97. The third kappa shape index (κ3) is 3.63. The fourth-order valence-corrected chi connectivity index (χ4v) is 3.88. The van der Waals surface area contributed by atoms with Gasteiger partial charge in [0.1, 0.15) is 0 Å². The first-order chi connectivity index (χ1) is 11.5. The standard InChI is InChI=1S/C20H28N2O2/c1-15-7-6-8-16(13-15)20(11-4-3-5-12-20)19(24)22(2)14-18(23)21-17-9-10-17/h6-8,13,17H,3-5,9-12,14H2,1-2H3,(H,21,23). The van der Waals surface area contributed by atoms with Crippen LogP contribution in [0.5, 0.6) is 0 Å². The maximum absolute atomic E-state index is 13.3. The third-order valence-corrected chi connectivity index (χ3v) is 5.36. The number of aryl methyl sites for hydroxylation is 1. The molecule has 2 aliphatic carbocycles. The summed E-state index contributed by atoms with van der Waals surface area (Å²) in [5.74, 6) is 0.0577. The van der Waals surface area contributed by atoms with Crippen molar-refractivity contribution in [3.63, 3.8) is 0 Å². The quantitative estimate of drug-likeness (QED) is 0.903. The topological polar surface area (TPSA) is 49.4 Å². The molecule has 0 aliphatic heterocycles. The lowest BCUT2D eigenvalue weighted by Crippen LogP contribution is -2.49. The number of amides is 2. The highest BCUT2D eigenvalue weighted by atomic mass is 16.2. The van der Waals surface area contributed by atoms with E-state index in [4.69, 9.17) is 0 Å². The molecule has 0 unspecified atom stereocenters. The van der Waals surface area contributed by atoms with E-state index in [1.807, 2.05) is 6.07 Å². The monoisotopic (exact) mass is 328 g/mol. The van der Waals surface area contributed by atoms with Gasteiger partial charge in [-0.15, -0.1) is 0 Å². The van der Waals surface area contributed by atoms with Crippen LogP contribution in [0.2, 0.25) is 0 Å². The highest BCUT2D eigenvalue weighted by Crippen LogP contribution is 2.41. The molecule has 2 aliphatic rings. The Morgan fingerprint density at radius 2 is 1.92 bits per heavy atom. The molecule has 0 aromatic heterocycles. The molecule has 24 heavy (non-hydrogen) atoms. The van der Waals surface area contributed by atoms with Crippen LogP contribution < -0.4 is 5.32 Å². The van der Waals surface area contributed by atoms with Gasteiger partial charge in [-0.1, -0.05) is 49.1 Å². The number of rotatable bonds is 5. The number of nitrogens with zero attached hydrogens (tertiary/aromatic N) is 1. The van der Waals surface area contributed by atoms with E-state index in [9.17, 15) is 9.59 Å². The molecule has 2 amide bonds. The van der Waals surface area contributed by atoms with Gasteiger partial charge in [0.05, 0.1) is 12.0 Å². The summed E-state index contributed by atoms with van der Waals surface area (Å²) in [7, 11) is 1.76. The van der Waals surface area contributed by atoms with Gasteiger partial charge in [-0.2, -0.15) is 0 Å². The lowest BCUT2D eigenvalue weighted by atomic mass is 9.68. The number of nitrogens with one attached hydrogen (secondary N) is 1. The molecule has 0 bridgehead atoms. The minimum Gasteiger partial charge on any atom is -0.352 e. The molecule has 0 spiro atoms. The second-order valence-corrected chi connectivity index (χ2v) is 7.52. The first-order valence-corrected chi connectivity index (χ1v) is 9.13. The second-order valence-electron chi connectivity index (χ2n) is 7.52. The number of carbonyl (C=O) groups is 2. The van der Waals surface area contributed by atoms with E-state index in [0.717, 1.165) is 44.1 Å². The summed E-state index contributed by atoms with van der Waals surface area (Å²) in [5.41, 5.74) is 1.83. The van der Waals surface area contributed by atoms with Crippen molar-refractivity contribution in [3.05, 3.63) is 35.4 Å². The van der Waals surface area contributed by atoms with E-state index < -0.39 is 5.41 Å². The van der Waals surface area contributed by atoms with Crippen molar-refractivity contribution < 1.29 is 9.59 Å². The van der Waals surface area contributed by atoms with Crippen molar-refractivity contribution in [3.8, 4) is 0 Å². The smallest absolute Gasteiger partial charge is 0.239 e. The number of hydrogen-bond donors (Lipinski definition) is 1. The summed E-state index contributed by atoms with van der Waals surface area (Å²) in [6, 6.07) is 8.66. The molecule has 1 aromatic rings. The summed E-state index contributed by atoms with van der Waals surface area (Å²) >= 11 is 0. The molecular weight excluding hydrogens is 300 g/mol. The molecule has 3 rings (SSSR count). The van der Waals surface area contributed by atoms with Gasteiger partial charge < -0.3 is 10.2 Å². The van der Waals surface area contributed by atoms with E-state index in [0.29, 0.717) is 6.04 Å². The molecule has 1 N–H and O–H groups in total. The van der Waals surface area contributed by atoms with Gasteiger partial charge in [-0.3, -0.25) is 9.59 Å². The van der Waals surface area contributed by atoms with Crippen LogP contribution in [0.15, 0.2) is 24.3 Å². The third-order valence-electron chi connectivity index (χ3n) is 5.36. The molecular formula is C20H28N2O2. The average Bonchev–Trinajstić information content (AvgIpc) is 3.38. The lowest BCUT2D eigenvalue weighted by molar-refractivity contribution is -0.140. The number of carbonyl (C=O) groups excluding carboxylic acids is 2. The van der Waals surface area contributed by atoms with Gasteiger partial charge in [0.2, 0.25) is 11.8 Å². The van der Waals surface area contributed by atoms with E-state index in [2.05, 4.69) is 30.4 Å². The van der Waals surface area contributed by atoms with Crippen LogP contribution in [-0.2, 0) is 15.0 Å². The number of likely N-dealkylation sites (N-methyl/N-ethyl adjacent to an activating group) is 1. The fraction of sp³-hybridized carbons (Fsp3) is 0.600. The molecule has 0 heterocycles. The Balaban J connectivity index is 1.79. The SMILES string of the molecule is Cc1cccc(C2(C(=O)N(C)CC(=O)NC3CC3)CCCCC2)c1. The van der Waals surface area contributed by atoms with Crippen molar-refractivity contribution in [2.24, 2.45) is 0 Å². The van der Waals surface area contributed by atoms with E-state index in [1.165, 1.54) is 12.0 Å². The lowest BCUT2D eigenvalue weighted by Gasteiger charge is -2.39. The second kappa shape index (κ2) is 6.96. The van der Waals surface area contributed by atoms with Gasteiger partial charge in [0, 0.05) is 13.1 Å².